The molecule has 0 radical (unpaired) electrons. The summed E-state index contributed by atoms with van der Waals surface area (Å²) >= 11 is 3.36. The molecule has 25 heavy (non-hydrogen) atoms. The van der Waals surface area contributed by atoms with Gasteiger partial charge in [0, 0.05) is 39.4 Å². The molecule has 3 nitrogen and oxygen atoms in total. The molecule has 0 atom stereocenters. The first-order chi connectivity index (χ1) is 12.0. The first-order valence-corrected chi connectivity index (χ1v) is 10.1. The van der Waals surface area contributed by atoms with Crippen molar-refractivity contribution in [1.82, 2.24) is 5.32 Å². The summed E-state index contributed by atoms with van der Waals surface area (Å²) in [6.07, 6.45) is 1.33. The van der Waals surface area contributed by atoms with Crippen molar-refractivity contribution in [3.63, 3.8) is 0 Å². The van der Waals surface area contributed by atoms with Crippen molar-refractivity contribution >= 4 is 44.5 Å². The van der Waals surface area contributed by atoms with Gasteiger partial charge in [0.2, 0.25) is 5.91 Å². The Morgan fingerprint density at radius 1 is 1.12 bits per heavy atom. The Bertz CT molecular complexity index is 907. The highest BCUT2D eigenvalue weighted by atomic mass is 32.1. The number of fused-ring (bicyclic) bond motifs is 1. The maximum Gasteiger partial charge on any atom is 0.220 e. The fourth-order valence-corrected chi connectivity index (χ4v) is 4.86. The van der Waals surface area contributed by atoms with E-state index in [0.717, 1.165) is 21.7 Å². The van der Waals surface area contributed by atoms with Crippen molar-refractivity contribution < 1.29 is 9.59 Å². The van der Waals surface area contributed by atoms with Crippen molar-refractivity contribution in [2.75, 3.05) is 6.54 Å². The van der Waals surface area contributed by atoms with Crippen molar-refractivity contribution in [1.29, 1.82) is 0 Å². The lowest BCUT2D eigenvalue weighted by Crippen LogP contribution is -2.26. The monoisotopic (exact) mass is 371 g/mol. The first kappa shape index (κ1) is 17.8. The SMILES string of the molecule is Cc1cc(C(=O)CCC(=O)NCCc2csc3ccccc23)c(C)s1. The van der Waals surface area contributed by atoms with E-state index in [1.807, 2.05) is 32.0 Å². The number of Topliss-reactive ketones (excluding diaryl/α,β-unsaturated/α-hetero) is 1. The maximum atomic E-state index is 12.2. The van der Waals surface area contributed by atoms with Crippen LogP contribution in [0.15, 0.2) is 35.7 Å². The third-order valence-corrected chi connectivity index (χ3v) is 6.18. The second-order valence-electron chi connectivity index (χ2n) is 6.11. The van der Waals surface area contributed by atoms with Crippen LogP contribution in [-0.4, -0.2) is 18.2 Å². The summed E-state index contributed by atoms with van der Waals surface area (Å²) < 4.78 is 1.27. The molecule has 3 rings (SSSR count). The number of amides is 1. The number of benzene rings is 1. The highest BCUT2D eigenvalue weighted by Crippen LogP contribution is 2.25. The van der Waals surface area contributed by atoms with Gasteiger partial charge in [0.25, 0.3) is 0 Å². The summed E-state index contributed by atoms with van der Waals surface area (Å²) in [4.78, 5) is 26.4. The van der Waals surface area contributed by atoms with E-state index in [4.69, 9.17) is 0 Å². The van der Waals surface area contributed by atoms with Crippen molar-refractivity contribution in [2.45, 2.75) is 33.1 Å². The number of carbonyl (C=O) groups excluding carboxylic acids is 2. The molecule has 2 aromatic heterocycles. The lowest BCUT2D eigenvalue weighted by atomic mass is 10.1. The predicted molar refractivity (Wildman–Crippen MR) is 106 cm³/mol. The number of aryl methyl sites for hydroxylation is 2. The zero-order valence-corrected chi connectivity index (χ0v) is 16.1. The largest absolute Gasteiger partial charge is 0.356 e. The van der Waals surface area contributed by atoms with E-state index in [0.29, 0.717) is 6.54 Å². The number of hydrogen-bond acceptors (Lipinski definition) is 4. The van der Waals surface area contributed by atoms with Gasteiger partial charge in [-0.15, -0.1) is 22.7 Å². The lowest BCUT2D eigenvalue weighted by Gasteiger charge is -2.05. The molecule has 0 unspecified atom stereocenters. The van der Waals surface area contributed by atoms with Crippen LogP contribution in [0, 0.1) is 13.8 Å². The molecule has 0 saturated carbocycles. The molecule has 0 spiro atoms. The summed E-state index contributed by atoms with van der Waals surface area (Å²) in [5.41, 5.74) is 2.03. The number of nitrogens with one attached hydrogen (secondary N) is 1. The fraction of sp³-hybridized carbons (Fsp3) is 0.300. The molecular weight excluding hydrogens is 350 g/mol. The summed E-state index contributed by atoms with van der Waals surface area (Å²) in [5, 5.41) is 6.35. The molecule has 0 saturated heterocycles. The third kappa shape index (κ3) is 4.35. The van der Waals surface area contributed by atoms with Gasteiger partial charge in [-0.1, -0.05) is 18.2 Å². The Morgan fingerprint density at radius 2 is 1.92 bits per heavy atom. The van der Waals surface area contributed by atoms with E-state index >= 15 is 0 Å². The smallest absolute Gasteiger partial charge is 0.220 e. The van der Waals surface area contributed by atoms with Crippen LogP contribution in [0.4, 0.5) is 0 Å². The van der Waals surface area contributed by atoms with E-state index in [1.165, 1.54) is 15.6 Å². The van der Waals surface area contributed by atoms with Gasteiger partial charge in [0.15, 0.2) is 5.78 Å². The minimum atomic E-state index is -0.0579. The highest BCUT2D eigenvalue weighted by Gasteiger charge is 2.13. The van der Waals surface area contributed by atoms with E-state index in [-0.39, 0.29) is 24.5 Å². The minimum absolute atomic E-state index is 0.0563. The Morgan fingerprint density at radius 3 is 2.68 bits per heavy atom. The molecule has 1 aromatic carbocycles. The number of carbonyl (C=O) groups is 2. The predicted octanol–water partition coefficient (Wildman–Crippen LogP) is 4.90. The standard InChI is InChI=1S/C20H21NO2S2/c1-13-11-17(14(2)25-13)18(22)7-8-20(23)21-10-9-15-12-24-19-6-4-3-5-16(15)19/h3-6,11-12H,7-10H2,1-2H3,(H,21,23). The fourth-order valence-electron chi connectivity index (χ4n) is 2.92. The normalized spacial score (nSPS) is 11.0. The molecule has 1 amide bonds. The van der Waals surface area contributed by atoms with Gasteiger partial charge < -0.3 is 5.32 Å². The number of thiophene rings is 2. The maximum absolute atomic E-state index is 12.2. The highest BCUT2D eigenvalue weighted by molar-refractivity contribution is 7.17. The molecule has 0 aliphatic rings. The van der Waals surface area contributed by atoms with Gasteiger partial charge in [-0.3, -0.25) is 9.59 Å². The van der Waals surface area contributed by atoms with Crippen LogP contribution in [0.25, 0.3) is 10.1 Å². The van der Waals surface area contributed by atoms with E-state index in [2.05, 4.69) is 22.8 Å². The molecule has 5 heteroatoms. The molecular formula is C20H21NO2S2. The molecule has 130 valence electrons. The van der Waals surface area contributed by atoms with E-state index < -0.39 is 0 Å². The Labute approximate surface area is 155 Å². The second kappa shape index (κ2) is 7.93. The lowest BCUT2D eigenvalue weighted by molar-refractivity contribution is -0.121. The quantitative estimate of drug-likeness (QED) is 0.600. The van der Waals surface area contributed by atoms with E-state index in [1.54, 1.807) is 22.7 Å². The molecule has 1 N–H and O–H groups in total. The topological polar surface area (TPSA) is 46.2 Å². The molecule has 0 aliphatic carbocycles. The Kier molecular flexibility index (Phi) is 5.66. The third-order valence-electron chi connectivity index (χ3n) is 4.20. The number of ketones is 1. The van der Waals surface area contributed by atoms with Crippen LogP contribution >= 0.6 is 22.7 Å². The van der Waals surface area contributed by atoms with Crippen molar-refractivity contribution in [3.8, 4) is 0 Å². The zero-order valence-electron chi connectivity index (χ0n) is 14.4. The van der Waals surface area contributed by atoms with Gasteiger partial charge in [0.1, 0.15) is 0 Å². The summed E-state index contributed by atoms with van der Waals surface area (Å²) in [7, 11) is 0. The van der Waals surface area contributed by atoms with Crippen molar-refractivity contribution in [3.05, 3.63) is 56.6 Å². The Hall–Kier alpha value is -1.98. The van der Waals surface area contributed by atoms with Crippen molar-refractivity contribution in [2.24, 2.45) is 0 Å². The molecule has 2 heterocycles. The van der Waals surface area contributed by atoms with Crippen LogP contribution in [-0.2, 0) is 11.2 Å². The van der Waals surface area contributed by atoms with Crippen LogP contribution in [0.3, 0.4) is 0 Å². The second-order valence-corrected chi connectivity index (χ2v) is 8.48. The van der Waals surface area contributed by atoms with Gasteiger partial charge in [-0.2, -0.15) is 0 Å². The minimum Gasteiger partial charge on any atom is -0.356 e. The van der Waals surface area contributed by atoms with Gasteiger partial charge in [-0.25, -0.2) is 0 Å². The molecule has 0 aliphatic heterocycles. The molecule has 0 fully saturated rings. The summed E-state index contributed by atoms with van der Waals surface area (Å²) in [6.45, 7) is 4.55. The average Bonchev–Trinajstić information content (AvgIpc) is 3.16. The van der Waals surface area contributed by atoms with Crippen LogP contribution < -0.4 is 5.32 Å². The van der Waals surface area contributed by atoms with Gasteiger partial charge >= 0.3 is 0 Å². The van der Waals surface area contributed by atoms with E-state index in [9.17, 15) is 9.59 Å². The van der Waals surface area contributed by atoms with Gasteiger partial charge in [0.05, 0.1) is 0 Å². The van der Waals surface area contributed by atoms with Gasteiger partial charge in [-0.05, 0) is 48.7 Å². The van der Waals surface area contributed by atoms with Crippen LogP contribution in [0.5, 0.6) is 0 Å². The zero-order chi connectivity index (χ0) is 17.8. The number of rotatable bonds is 7. The average molecular weight is 372 g/mol. The summed E-state index contributed by atoms with van der Waals surface area (Å²) in [6, 6.07) is 10.2. The van der Waals surface area contributed by atoms with Crippen LogP contribution in [0.1, 0.15) is 38.5 Å². The summed E-state index contributed by atoms with van der Waals surface area (Å²) in [5.74, 6) is -0.00156. The first-order valence-electron chi connectivity index (χ1n) is 8.36. The molecule has 0 bridgehead atoms. The molecule has 3 aromatic rings. The van der Waals surface area contributed by atoms with Crippen LogP contribution in [0.2, 0.25) is 0 Å². The Balaban J connectivity index is 1.45. The number of hydrogen-bond donors (Lipinski definition) is 1.